The van der Waals surface area contributed by atoms with Gasteiger partial charge in [-0.1, -0.05) is 23.7 Å². The third kappa shape index (κ3) is 2.40. The van der Waals surface area contributed by atoms with Gasteiger partial charge in [0.15, 0.2) is 5.82 Å². The van der Waals surface area contributed by atoms with Gasteiger partial charge in [-0.25, -0.2) is 4.98 Å². The van der Waals surface area contributed by atoms with E-state index in [4.69, 9.17) is 11.6 Å². The molecule has 1 heterocycles. The van der Waals surface area contributed by atoms with Crippen molar-refractivity contribution in [3.8, 4) is 11.4 Å². The number of nitrogens with one attached hydrogen (secondary N) is 2. The van der Waals surface area contributed by atoms with Crippen molar-refractivity contribution in [2.24, 2.45) is 0 Å². The summed E-state index contributed by atoms with van der Waals surface area (Å²) in [6.45, 7) is 0.872. The van der Waals surface area contributed by atoms with Gasteiger partial charge in [-0.3, -0.25) is 5.10 Å². The van der Waals surface area contributed by atoms with Crippen LogP contribution >= 0.6 is 11.6 Å². The van der Waals surface area contributed by atoms with Crippen LogP contribution in [0.5, 0.6) is 0 Å². The number of nitrogens with zero attached hydrogens (tertiary/aromatic N) is 2. The van der Waals surface area contributed by atoms with Gasteiger partial charge < -0.3 is 5.32 Å². The minimum atomic E-state index is 0.650. The Kier molecular flexibility index (Phi) is 3.54. The number of H-pyrrole nitrogens is 1. The van der Waals surface area contributed by atoms with Gasteiger partial charge in [-0.2, -0.15) is 5.10 Å². The molecule has 0 unspecified atom stereocenters. The number of rotatable bonds is 4. The largest absolute Gasteiger partial charge is 0.319 e. The highest BCUT2D eigenvalue weighted by atomic mass is 35.5. The Morgan fingerprint density at radius 2 is 2.19 bits per heavy atom. The molecule has 2 N–H and O–H groups in total. The second kappa shape index (κ2) is 5.09. The molecule has 0 saturated heterocycles. The van der Waals surface area contributed by atoms with Crippen LogP contribution in [0.3, 0.4) is 0 Å². The average Bonchev–Trinajstić information content (AvgIpc) is 2.75. The first-order chi connectivity index (χ1) is 7.81. The lowest BCUT2D eigenvalue weighted by atomic mass is 10.2. The van der Waals surface area contributed by atoms with E-state index in [1.54, 1.807) is 0 Å². The average molecular weight is 237 g/mol. The van der Waals surface area contributed by atoms with Crippen LogP contribution in [0, 0.1) is 0 Å². The van der Waals surface area contributed by atoms with Gasteiger partial charge in [0, 0.05) is 18.5 Å². The van der Waals surface area contributed by atoms with E-state index in [0.29, 0.717) is 10.8 Å². The Morgan fingerprint density at radius 3 is 2.94 bits per heavy atom. The molecule has 2 rings (SSSR count). The lowest BCUT2D eigenvalue weighted by molar-refractivity contribution is 0.758. The predicted octanol–water partition coefficient (Wildman–Crippen LogP) is 1.89. The summed E-state index contributed by atoms with van der Waals surface area (Å²) >= 11 is 6.07. The molecule has 0 fully saturated rings. The van der Waals surface area contributed by atoms with Gasteiger partial charge in [0.25, 0.3) is 0 Å². The van der Waals surface area contributed by atoms with Crippen LogP contribution in [0.1, 0.15) is 5.82 Å². The number of hydrogen-bond donors (Lipinski definition) is 2. The first-order valence-corrected chi connectivity index (χ1v) is 5.50. The normalized spacial score (nSPS) is 10.6. The number of benzene rings is 1. The second-order valence-corrected chi connectivity index (χ2v) is 3.85. The van der Waals surface area contributed by atoms with Gasteiger partial charge in [-0.15, -0.1) is 0 Å². The summed E-state index contributed by atoms with van der Waals surface area (Å²) in [5.74, 6) is 1.51. The zero-order valence-corrected chi connectivity index (χ0v) is 9.75. The Balaban J connectivity index is 2.22. The van der Waals surface area contributed by atoms with Gasteiger partial charge in [0.05, 0.1) is 5.02 Å². The lowest BCUT2D eigenvalue weighted by Crippen LogP contribution is -2.11. The highest BCUT2D eigenvalue weighted by Gasteiger charge is 2.08. The van der Waals surface area contributed by atoms with Gasteiger partial charge >= 0.3 is 0 Å². The van der Waals surface area contributed by atoms with E-state index in [1.807, 2.05) is 31.3 Å². The maximum absolute atomic E-state index is 6.07. The Labute approximate surface area is 99.1 Å². The van der Waals surface area contributed by atoms with Crippen molar-refractivity contribution in [2.45, 2.75) is 6.42 Å². The Hall–Kier alpha value is -1.39. The van der Waals surface area contributed by atoms with Crippen molar-refractivity contribution in [3.05, 3.63) is 35.1 Å². The minimum absolute atomic E-state index is 0.650. The molecule has 16 heavy (non-hydrogen) atoms. The molecule has 5 heteroatoms. The van der Waals surface area contributed by atoms with Gasteiger partial charge in [0.1, 0.15) is 5.82 Å². The molecular formula is C11H13ClN4. The van der Waals surface area contributed by atoms with Crippen LogP contribution in [0.4, 0.5) is 0 Å². The van der Waals surface area contributed by atoms with E-state index < -0.39 is 0 Å². The summed E-state index contributed by atoms with van der Waals surface area (Å²) in [6.07, 6.45) is 0.827. The van der Waals surface area contributed by atoms with Crippen molar-refractivity contribution in [1.82, 2.24) is 20.5 Å². The number of likely N-dealkylation sites (N-methyl/N-ethyl adjacent to an activating group) is 1. The smallest absolute Gasteiger partial charge is 0.182 e. The van der Waals surface area contributed by atoms with Crippen molar-refractivity contribution in [2.75, 3.05) is 13.6 Å². The molecule has 0 saturated carbocycles. The van der Waals surface area contributed by atoms with Gasteiger partial charge in [-0.05, 0) is 19.2 Å². The first kappa shape index (κ1) is 11.1. The molecule has 0 spiro atoms. The summed E-state index contributed by atoms with van der Waals surface area (Å²) in [6, 6.07) is 7.55. The zero-order chi connectivity index (χ0) is 11.4. The number of aromatic nitrogens is 3. The van der Waals surface area contributed by atoms with E-state index in [1.165, 1.54) is 0 Å². The third-order valence-electron chi connectivity index (χ3n) is 2.26. The highest BCUT2D eigenvalue weighted by Crippen LogP contribution is 2.24. The molecule has 0 aliphatic carbocycles. The molecule has 0 aliphatic heterocycles. The fraction of sp³-hybridized carbons (Fsp3) is 0.273. The third-order valence-corrected chi connectivity index (χ3v) is 2.59. The molecule has 0 bridgehead atoms. The van der Waals surface area contributed by atoms with Crippen molar-refractivity contribution < 1.29 is 0 Å². The Morgan fingerprint density at radius 1 is 1.38 bits per heavy atom. The van der Waals surface area contributed by atoms with Crippen LogP contribution < -0.4 is 5.32 Å². The fourth-order valence-electron chi connectivity index (χ4n) is 1.41. The molecule has 0 radical (unpaired) electrons. The molecule has 4 nitrogen and oxygen atoms in total. The maximum atomic E-state index is 6.07. The lowest BCUT2D eigenvalue weighted by Gasteiger charge is -1.97. The van der Waals surface area contributed by atoms with Crippen molar-refractivity contribution in [3.63, 3.8) is 0 Å². The maximum Gasteiger partial charge on any atom is 0.182 e. The van der Waals surface area contributed by atoms with Crippen molar-refractivity contribution in [1.29, 1.82) is 0 Å². The van der Waals surface area contributed by atoms with E-state index >= 15 is 0 Å². The molecule has 2 aromatic rings. The SMILES string of the molecule is CNCCc1nc(-c2ccccc2Cl)n[nH]1. The summed E-state index contributed by atoms with van der Waals surface area (Å²) in [5, 5.41) is 10.8. The molecule has 0 atom stereocenters. The monoisotopic (exact) mass is 236 g/mol. The quantitative estimate of drug-likeness (QED) is 0.853. The zero-order valence-electron chi connectivity index (χ0n) is 9.00. The summed E-state index contributed by atoms with van der Waals surface area (Å²) in [5.41, 5.74) is 0.858. The molecule has 0 amide bonds. The van der Waals surface area contributed by atoms with Crippen molar-refractivity contribution >= 4 is 11.6 Å². The van der Waals surface area contributed by atoms with E-state index in [9.17, 15) is 0 Å². The molecule has 1 aromatic carbocycles. The van der Waals surface area contributed by atoms with E-state index in [2.05, 4.69) is 20.5 Å². The van der Waals surface area contributed by atoms with E-state index in [0.717, 1.165) is 24.4 Å². The van der Waals surface area contributed by atoms with E-state index in [-0.39, 0.29) is 0 Å². The fourth-order valence-corrected chi connectivity index (χ4v) is 1.63. The van der Waals surface area contributed by atoms with Crippen LogP contribution in [-0.4, -0.2) is 28.8 Å². The highest BCUT2D eigenvalue weighted by molar-refractivity contribution is 6.33. The minimum Gasteiger partial charge on any atom is -0.319 e. The second-order valence-electron chi connectivity index (χ2n) is 3.44. The predicted molar refractivity (Wildman–Crippen MR) is 64.5 cm³/mol. The van der Waals surface area contributed by atoms with Crippen LogP contribution in [0.25, 0.3) is 11.4 Å². The topological polar surface area (TPSA) is 53.6 Å². The van der Waals surface area contributed by atoms with Crippen LogP contribution in [0.2, 0.25) is 5.02 Å². The van der Waals surface area contributed by atoms with Gasteiger partial charge in [0.2, 0.25) is 0 Å². The first-order valence-electron chi connectivity index (χ1n) is 5.12. The number of halogens is 1. The molecular weight excluding hydrogens is 224 g/mol. The summed E-state index contributed by atoms with van der Waals surface area (Å²) in [7, 11) is 1.91. The standard InChI is InChI=1S/C11H13ClN4/c1-13-7-6-10-14-11(16-15-10)8-4-2-3-5-9(8)12/h2-5,13H,6-7H2,1H3,(H,14,15,16). The summed E-state index contributed by atoms with van der Waals surface area (Å²) in [4.78, 5) is 4.39. The van der Waals surface area contributed by atoms with Crippen LogP contribution in [0.15, 0.2) is 24.3 Å². The number of aromatic amines is 1. The Bertz CT molecular complexity index is 467. The van der Waals surface area contributed by atoms with Crippen LogP contribution in [-0.2, 0) is 6.42 Å². The summed E-state index contributed by atoms with van der Waals surface area (Å²) < 4.78 is 0. The molecule has 84 valence electrons. The molecule has 1 aromatic heterocycles. The molecule has 0 aliphatic rings. The number of hydrogen-bond acceptors (Lipinski definition) is 3.